The average Bonchev–Trinajstić information content (AvgIpc) is 3.39. The first kappa shape index (κ1) is 28.8. The van der Waals surface area contributed by atoms with Crippen LogP contribution in [0.15, 0.2) is 83.3 Å². The molecule has 0 bridgehead atoms. The Bertz CT molecular complexity index is 1410. The summed E-state index contributed by atoms with van der Waals surface area (Å²) in [5.41, 5.74) is 1.05. The lowest BCUT2D eigenvalue weighted by molar-refractivity contribution is -0.160. The first-order valence-corrected chi connectivity index (χ1v) is 14.7. The number of methoxy groups -OCH3 is 1. The van der Waals surface area contributed by atoms with Gasteiger partial charge in [-0.15, -0.1) is 11.3 Å². The van der Waals surface area contributed by atoms with Gasteiger partial charge in [-0.05, 0) is 52.7 Å². The Morgan fingerprint density at radius 2 is 1.97 bits per heavy atom. The summed E-state index contributed by atoms with van der Waals surface area (Å²) >= 11 is 1.62. The Balaban J connectivity index is 1.49. The van der Waals surface area contributed by atoms with Gasteiger partial charge in [-0.2, -0.15) is 4.31 Å². The number of allylic oxidation sites excluding steroid dienone is 1. The largest absolute Gasteiger partial charge is 0.497 e. The van der Waals surface area contributed by atoms with E-state index in [1.165, 1.54) is 25.3 Å². The van der Waals surface area contributed by atoms with Crippen molar-refractivity contribution in [3.8, 4) is 5.75 Å². The fourth-order valence-electron chi connectivity index (χ4n) is 4.26. The molecule has 39 heavy (non-hydrogen) atoms. The maximum absolute atomic E-state index is 13.2. The molecule has 0 fully saturated rings. The second-order valence-electron chi connectivity index (χ2n) is 8.67. The first-order valence-electron chi connectivity index (χ1n) is 12.4. The predicted octanol–water partition coefficient (Wildman–Crippen LogP) is 4.05. The number of aliphatic hydroxyl groups excluding tert-OH is 1. The molecule has 1 N–H and O–H groups in total. The molecule has 0 unspecified atom stereocenters. The van der Waals surface area contributed by atoms with Crippen LogP contribution in [0, 0.1) is 0 Å². The third kappa shape index (κ3) is 6.87. The summed E-state index contributed by atoms with van der Waals surface area (Å²) in [6.45, 7) is 3.09. The zero-order valence-electron chi connectivity index (χ0n) is 21.5. The molecule has 11 heteroatoms. The molecular weight excluding hydrogens is 542 g/mol. The number of nitrogens with zero attached hydrogens (tertiary/aromatic N) is 1. The monoisotopic (exact) mass is 573 g/mol. The number of carbonyl (C=O) groups excluding carboxylic acids is 1. The van der Waals surface area contributed by atoms with Gasteiger partial charge in [0.05, 0.1) is 25.2 Å². The van der Waals surface area contributed by atoms with Crippen LogP contribution in [0.3, 0.4) is 0 Å². The lowest BCUT2D eigenvalue weighted by atomic mass is 9.92. The third-order valence-electron chi connectivity index (χ3n) is 6.19. The van der Waals surface area contributed by atoms with E-state index >= 15 is 0 Å². The lowest BCUT2D eigenvalue weighted by Gasteiger charge is -2.29. The van der Waals surface area contributed by atoms with Crippen LogP contribution in [0.25, 0.3) is 10.1 Å². The average molecular weight is 574 g/mol. The Labute approximate surface area is 231 Å². The van der Waals surface area contributed by atoms with Crippen LogP contribution in [0.4, 0.5) is 0 Å². The van der Waals surface area contributed by atoms with Crippen molar-refractivity contribution >= 4 is 37.4 Å². The normalized spacial score (nSPS) is 17.5. The number of hydrogen-bond acceptors (Lipinski definition) is 9. The van der Waals surface area contributed by atoms with E-state index in [9.17, 15) is 18.3 Å². The van der Waals surface area contributed by atoms with Crippen LogP contribution in [-0.4, -0.2) is 70.1 Å². The van der Waals surface area contributed by atoms with Crippen LogP contribution < -0.4 is 4.74 Å². The first-order chi connectivity index (χ1) is 18.9. The summed E-state index contributed by atoms with van der Waals surface area (Å²) in [7, 11) is -2.40. The fourth-order valence-corrected chi connectivity index (χ4v) is 6.70. The maximum Gasteiger partial charge on any atom is 0.373 e. The Morgan fingerprint density at radius 3 is 2.69 bits per heavy atom. The number of fused-ring (bicyclic) bond motifs is 1. The van der Waals surface area contributed by atoms with Crippen molar-refractivity contribution < 1.29 is 37.3 Å². The Morgan fingerprint density at radius 1 is 1.21 bits per heavy atom. The van der Waals surface area contributed by atoms with Gasteiger partial charge in [0.2, 0.25) is 22.1 Å². The van der Waals surface area contributed by atoms with E-state index in [1.54, 1.807) is 29.5 Å². The molecule has 4 rings (SSSR count). The molecule has 2 atom stereocenters. The number of esters is 1. The number of aliphatic hydroxyl groups is 1. The van der Waals surface area contributed by atoms with Crippen molar-refractivity contribution in [3.05, 3.63) is 84.0 Å². The van der Waals surface area contributed by atoms with E-state index in [0.717, 1.165) is 20.0 Å². The molecule has 0 radical (unpaired) electrons. The number of rotatable bonds is 13. The number of carbonyl (C=O) groups is 1. The topological polar surface area (TPSA) is 112 Å². The van der Waals surface area contributed by atoms with Crippen LogP contribution in [0.2, 0.25) is 0 Å². The molecule has 208 valence electrons. The van der Waals surface area contributed by atoms with Crippen molar-refractivity contribution in [3.63, 3.8) is 0 Å². The quantitative estimate of drug-likeness (QED) is 0.241. The summed E-state index contributed by atoms with van der Waals surface area (Å²) in [4.78, 5) is 12.7. The van der Waals surface area contributed by atoms with Gasteiger partial charge in [0.1, 0.15) is 12.4 Å². The Hall–Kier alpha value is -3.22. The minimum atomic E-state index is -3.89. The highest BCUT2D eigenvalue weighted by Gasteiger charge is 2.31. The molecule has 1 aromatic heterocycles. The van der Waals surface area contributed by atoms with Gasteiger partial charge in [-0.25, -0.2) is 13.2 Å². The van der Waals surface area contributed by atoms with Crippen LogP contribution in [0.5, 0.6) is 5.75 Å². The summed E-state index contributed by atoms with van der Waals surface area (Å²) in [6.07, 6.45) is 2.82. The summed E-state index contributed by atoms with van der Waals surface area (Å²) < 4.78 is 50.7. The predicted molar refractivity (Wildman–Crippen MR) is 148 cm³/mol. The van der Waals surface area contributed by atoms with E-state index in [4.69, 9.17) is 18.9 Å². The molecule has 1 aliphatic rings. The van der Waals surface area contributed by atoms with Crippen molar-refractivity contribution in [1.82, 2.24) is 4.31 Å². The standard InChI is InChI=1S/C28H31NO8S2/c1-3-15-36-28(31)25-17-20(24-19-38-26-7-5-4-6-23(24)26)18-27(37-25)35-16-13-29(12-14-30)39(32,33)22-10-8-21(34-2)9-11-22/h3-11,17,19-20,27,30H,1,12-16,18H2,2H3/t20-,27+/m1/s1. The van der Waals surface area contributed by atoms with Gasteiger partial charge in [0, 0.05) is 30.1 Å². The molecular formula is C28H31NO8S2. The van der Waals surface area contributed by atoms with Crippen molar-refractivity contribution in [2.24, 2.45) is 0 Å². The van der Waals surface area contributed by atoms with Crippen LogP contribution >= 0.6 is 11.3 Å². The minimum absolute atomic E-state index is 0.0217. The summed E-state index contributed by atoms with van der Waals surface area (Å²) in [6, 6.07) is 14.0. The second kappa shape index (κ2) is 13.2. The smallest absolute Gasteiger partial charge is 0.373 e. The highest BCUT2D eigenvalue weighted by Crippen LogP contribution is 2.38. The van der Waals surface area contributed by atoms with Gasteiger partial charge in [0.15, 0.2) is 0 Å². The number of thiophene rings is 1. The highest BCUT2D eigenvalue weighted by atomic mass is 32.2. The van der Waals surface area contributed by atoms with Crippen LogP contribution in [-0.2, 0) is 29.0 Å². The fraction of sp³-hybridized carbons (Fsp3) is 0.321. The SMILES string of the molecule is C=CCOC(=O)C1=C[C@@H](c2csc3ccccc23)C[C@@H](OCCN(CCO)S(=O)(=O)c2ccc(OC)cc2)O1. The molecule has 0 amide bonds. The third-order valence-corrected chi connectivity index (χ3v) is 9.09. The molecule has 1 aliphatic heterocycles. The van der Waals surface area contributed by atoms with Gasteiger partial charge < -0.3 is 24.1 Å². The second-order valence-corrected chi connectivity index (χ2v) is 11.5. The maximum atomic E-state index is 13.2. The van der Waals surface area contributed by atoms with Crippen molar-refractivity contribution in [1.29, 1.82) is 0 Å². The number of hydrogen-bond donors (Lipinski definition) is 1. The van der Waals surface area contributed by atoms with E-state index in [-0.39, 0.29) is 49.5 Å². The molecule has 0 spiro atoms. The molecule has 0 saturated heterocycles. The van der Waals surface area contributed by atoms with Gasteiger partial charge >= 0.3 is 5.97 Å². The molecule has 3 aromatic rings. The van der Waals surface area contributed by atoms with Crippen LogP contribution in [0.1, 0.15) is 17.9 Å². The number of benzene rings is 2. The van der Waals surface area contributed by atoms with E-state index < -0.39 is 22.3 Å². The molecule has 2 heterocycles. The van der Waals surface area contributed by atoms with Gasteiger partial charge in [-0.3, -0.25) is 0 Å². The molecule has 2 aromatic carbocycles. The van der Waals surface area contributed by atoms with Gasteiger partial charge in [0.25, 0.3) is 0 Å². The highest BCUT2D eigenvalue weighted by molar-refractivity contribution is 7.89. The van der Waals surface area contributed by atoms with E-state index in [2.05, 4.69) is 12.0 Å². The zero-order chi connectivity index (χ0) is 27.8. The number of ether oxygens (including phenoxy) is 4. The molecule has 0 aliphatic carbocycles. The molecule has 0 saturated carbocycles. The van der Waals surface area contributed by atoms with Gasteiger partial charge in [-0.1, -0.05) is 30.9 Å². The minimum Gasteiger partial charge on any atom is -0.497 e. The number of sulfonamides is 1. The summed E-state index contributed by atoms with van der Waals surface area (Å²) in [5.74, 6) is -0.241. The van der Waals surface area contributed by atoms with Crippen molar-refractivity contribution in [2.75, 3.05) is 40.0 Å². The van der Waals surface area contributed by atoms with E-state index in [0.29, 0.717) is 12.2 Å². The lowest BCUT2D eigenvalue weighted by Crippen LogP contribution is -2.37. The zero-order valence-corrected chi connectivity index (χ0v) is 23.2. The van der Waals surface area contributed by atoms with E-state index in [1.807, 2.05) is 24.3 Å². The molecule has 9 nitrogen and oxygen atoms in total. The Kier molecular flexibility index (Phi) is 9.76. The summed E-state index contributed by atoms with van der Waals surface area (Å²) in [5, 5.41) is 12.7. The van der Waals surface area contributed by atoms with Crippen molar-refractivity contribution in [2.45, 2.75) is 23.5 Å².